The Morgan fingerprint density at radius 1 is 1.53 bits per heavy atom. The number of aromatic nitrogens is 2. The van der Waals surface area contributed by atoms with Crippen molar-refractivity contribution >= 4 is 22.4 Å². The Morgan fingerprint density at radius 2 is 2.32 bits per heavy atom. The summed E-state index contributed by atoms with van der Waals surface area (Å²) < 4.78 is 2.27. The molecule has 0 unspecified atom stereocenters. The molecule has 0 aromatic carbocycles. The molecule has 0 bridgehead atoms. The average molecular weight is 275 g/mol. The van der Waals surface area contributed by atoms with Gasteiger partial charge in [-0.05, 0) is 39.2 Å². The minimum absolute atomic E-state index is 0.768. The molecule has 4 heteroatoms. The van der Waals surface area contributed by atoms with Crippen molar-refractivity contribution in [2.45, 2.75) is 46.1 Å². The van der Waals surface area contributed by atoms with Crippen molar-refractivity contribution in [2.24, 2.45) is 0 Å². The summed E-state index contributed by atoms with van der Waals surface area (Å²) >= 11 is 1.72. The molecule has 1 saturated carbocycles. The third-order valence-electron chi connectivity index (χ3n) is 3.74. The van der Waals surface area contributed by atoms with Crippen LogP contribution in [-0.4, -0.2) is 22.0 Å². The van der Waals surface area contributed by atoms with Crippen LogP contribution in [0.3, 0.4) is 0 Å². The summed E-state index contributed by atoms with van der Waals surface area (Å²) in [4.78, 5) is 5.75. The molecule has 3 nitrogen and oxygen atoms in total. The zero-order valence-electron chi connectivity index (χ0n) is 11.9. The monoisotopic (exact) mass is 275 g/mol. The van der Waals surface area contributed by atoms with E-state index in [0.29, 0.717) is 0 Å². The van der Waals surface area contributed by atoms with Crippen LogP contribution in [-0.2, 0) is 0 Å². The lowest BCUT2D eigenvalue weighted by atomic mass is 10.1. The second kappa shape index (κ2) is 5.10. The quantitative estimate of drug-likeness (QED) is 0.904. The summed E-state index contributed by atoms with van der Waals surface area (Å²) in [5, 5.41) is 5.77. The molecule has 2 aromatic heterocycles. The first-order valence-corrected chi connectivity index (χ1v) is 7.93. The average Bonchev–Trinajstić information content (AvgIpc) is 3.09. The summed E-state index contributed by atoms with van der Waals surface area (Å²) in [5.74, 6) is 0. The minimum atomic E-state index is 0.768. The predicted molar refractivity (Wildman–Crippen MR) is 81.8 cm³/mol. The van der Waals surface area contributed by atoms with Gasteiger partial charge in [0, 0.05) is 23.7 Å². The SMILES string of the molecule is CCC(=Cc1c(C)nc2scc(C)n12)CNC1CC1. The van der Waals surface area contributed by atoms with Crippen molar-refractivity contribution in [3.05, 3.63) is 28.0 Å². The number of hydrogen-bond acceptors (Lipinski definition) is 3. The fraction of sp³-hybridized carbons (Fsp3) is 0.533. The number of hydrogen-bond donors (Lipinski definition) is 1. The maximum atomic E-state index is 4.65. The summed E-state index contributed by atoms with van der Waals surface area (Å²) in [6, 6.07) is 0.768. The van der Waals surface area contributed by atoms with E-state index in [1.807, 2.05) is 0 Å². The number of nitrogens with one attached hydrogen (secondary N) is 1. The second-order valence-electron chi connectivity index (χ2n) is 5.39. The van der Waals surface area contributed by atoms with Gasteiger partial charge in [-0.1, -0.05) is 12.5 Å². The van der Waals surface area contributed by atoms with Gasteiger partial charge >= 0.3 is 0 Å². The number of fused-ring (bicyclic) bond motifs is 1. The van der Waals surface area contributed by atoms with Crippen LogP contribution in [0.1, 0.15) is 43.3 Å². The molecule has 1 aliphatic rings. The molecular weight excluding hydrogens is 254 g/mol. The van der Waals surface area contributed by atoms with Crippen LogP contribution in [0, 0.1) is 13.8 Å². The van der Waals surface area contributed by atoms with Crippen LogP contribution in [0.5, 0.6) is 0 Å². The molecule has 0 aliphatic heterocycles. The number of aryl methyl sites for hydroxylation is 2. The van der Waals surface area contributed by atoms with Crippen molar-refractivity contribution < 1.29 is 0 Å². The number of thiazole rings is 1. The van der Waals surface area contributed by atoms with Gasteiger partial charge < -0.3 is 5.32 Å². The molecule has 1 aliphatic carbocycles. The first-order valence-electron chi connectivity index (χ1n) is 7.05. The van der Waals surface area contributed by atoms with Crippen molar-refractivity contribution in [1.82, 2.24) is 14.7 Å². The Balaban J connectivity index is 1.92. The Bertz CT molecular complexity index is 617. The van der Waals surface area contributed by atoms with E-state index in [1.165, 1.54) is 29.8 Å². The van der Waals surface area contributed by atoms with Crippen molar-refractivity contribution in [3.63, 3.8) is 0 Å². The minimum Gasteiger partial charge on any atom is -0.310 e. The summed E-state index contributed by atoms with van der Waals surface area (Å²) in [6.45, 7) is 7.49. The molecule has 0 atom stereocenters. The third-order valence-corrected chi connectivity index (χ3v) is 4.69. The highest BCUT2D eigenvalue weighted by Gasteiger charge is 2.20. The number of rotatable bonds is 5. The molecule has 3 rings (SSSR count). The Kier molecular flexibility index (Phi) is 3.46. The number of nitrogens with zero attached hydrogens (tertiary/aromatic N) is 2. The van der Waals surface area contributed by atoms with E-state index in [0.717, 1.165) is 29.7 Å². The van der Waals surface area contributed by atoms with Crippen LogP contribution in [0.15, 0.2) is 11.0 Å². The maximum absolute atomic E-state index is 4.65. The van der Waals surface area contributed by atoms with E-state index in [9.17, 15) is 0 Å². The van der Waals surface area contributed by atoms with Crippen LogP contribution in [0.4, 0.5) is 0 Å². The van der Waals surface area contributed by atoms with E-state index in [1.54, 1.807) is 11.3 Å². The molecule has 1 fully saturated rings. The first kappa shape index (κ1) is 12.9. The van der Waals surface area contributed by atoms with E-state index in [4.69, 9.17) is 0 Å². The van der Waals surface area contributed by atoms with Crippen LogP contribution < -0.4 is 5.32 Å². The fourth-order valence-corrected chi connectivity index (χ4v) is 3.25. The zero-order valence-corrected chi connectivity index (χ0v) is 12.7. The first-order chi connectivity index (χ1) is 9.19. The van der Waals surface area contributed by atoms with Gasteiger partial charge in [0.05, 0.1) is 11.4 Å². The van der Waals surface area contributed by atoms with Gasteiger partial charge in [-0.3, -0.25) is 4.40 Å². The molecule has 2 heterocycles. The van der Waals surface area contributed by atoms with Crippen molar-refractivity contribution in [3.8, 4) is 0 Å². The molecular formula is C15H21N3S. The maximum Gasteiger partial charge on any atom is 0.194 e. The Labute approximate surface area is 118 Å². The Morgan fingerprint density at radius 3 is 3.00 bits per heavy atom. The number of imidazole rings is 1. The van der Waals surface area contributed by atoms with Crippen molar-refractivity contribution in [1.29, 1.82) is 0 Å². The summed E-state index contributed by atoms with van der Waals surface area (Å²) in [5.41, 5.74) is 5.12. The van der Waals surface area contributed by atoms with E-state index < -0.39 is 0 Å². The van der Waals surface area contributed by atoms with E-state index >= 15 is 0 Å². The zero-order chi connectivity index (χ0) is 13.4. The van der Waals surface area contributed by atoms with E-state index in [-0.39, 0.29) is 0 Å². The smallest absolute Gasteiger partial charge is 0.194 e. The van der Waals surface area contributed by atoms with Crippen LogP contribution >= 0.6 is 11.3 Å². The third kappa shape index (κ3) is 2.60. The lowest BCUT2D eigenvalue weighted by Crippen LogP contribution is -2.19. The van der Waals surface area contributed by atoms with Crippen LogP contribution in [0.2, 0.25) is 0 Å². The Hall–Kier alpha value is -1.13. The highest BCUT2D eigenvalue weighted by atomic mass is 32.1. The molecule has 1 N–H and O–H groups in total. The molecule has 0 spiro atoms. The molecule has 0 amide bonds. The largest absolute Gasteiger partial charge is 0.310 e. The molecule has 19 heavy (non-hydrogen) atoms. The van der Waals surface area contributed by atoms with Gasteiger partial charge in [0.1, 0.15) is 0 Å². The molecule has 0 saturated heterocycles. The lowest BCUT2D eigenvalue weighted by Gasteiger charge is -2.07. The summed E-state index contributed by atoms with van der Waals surface area (Å²) in [7, 11) is 0. The second-order valence-corrected chi connectivity index (χ2v) is 6.23. The normalized spacial score (nSPS) is 16.5. The highest BCUT2D eigenvalue weighted by molar-refractivity contribution is 7.15. The topological polar surface area (TPSA) is 29.3 Å². The standard InChI is InChI=1S/C15H21N3S/c1-4-12(8-16-13-5-6-13)7-14-11(3)17-15-18(14)10(2)9-19-15/h7,9,13,16H,4-6,8H2,1-3H3. The fourth-order valence-electron chi connectivity index (χ4n) is 2.33. The summed E-state index contributed by atoms with van der Waals surface area (Å²) in [6.07, 6.45) is 6.10. The van der Waals surface area contributed by atoms with Gasteiger partial charge in [0.15, 0.2) is 4.96 Å². The van der Waals surface area contributed by atoms with Crippen molar-refractivity contribution in [2.75, 3.05) is 6.54 Å². The molecule has 0 radical (unpaired) electrons. The lowest BCUT2D eigenvalue weighted by molar-refractivity contribution is 0.722. The van der Waals surface area contributed by atoms with E-state index in [2.05, 4.69) is 46.9 Å². The van der Waals surface area contributed by atoms with Gasteiger partial charge in [0.2, 0.25) is 0 Å². The predicted octanol–water partition coefficient (Wildman–Crippen LogP) is 3.56. The molecule has 102 valence electrons. The van der Waals surface area contributed by atoms with Gasteiger partial charge in [-0.15, -0.1) is 11.3 Å². The van der Waals surface area contributed by atoms with Gasteiger partial charge in [-0.25, -0.2) is 4.98 Å². The van der Waals surface area contributed by atoms with Crippen LogP contribution in [0.25, 0.3) is 11.0 Å². The highest BCUT2D eigenvalue weighted by Crippen LogP contribution is 2.23. The molecule has 2 aromatic rings. The van der Waals surface area contributed by atoms with Gasteiger partial charge in [-0.2, -0.15) is 0 Å². The van der Waals surface area contributed by atoms with Gasteiger partial charge in [0.25, 0.3) is 0 Å².